The third-order valence-electron chi connectivity index (χ3n) is 3.12. The van der Waals surface area contributed by atoms with Crippen molar-refractivity contribution in [2.24, 2.45) is 0 Å². The molecule has 1 aromatic carbocycles. The summed E-state index contributed by atoms with van der Waals surface area (Å²) in [6, 6.07) is 5.75. The van der Waals surface area contributed by atoms with E-state index in [-0.39, 0.29) is 11.9 Å². The van der Waals surface area contributed by atoms with E-state index in [1.165, 1.54) is 0 Å². The van der Waals surface area contributed by atoms with E-state index in [1.54, 1.807) is 0 Å². The Morgan fingerprint density at radius 2 is 2.19 bits per heavy atom. The van der Waals surface area contributed by atoms with Crippen molar-refractivity contribution < 1.29 is 4.79 Å². The molecule has 4 nitrogen and oxygen atoms in total. The summed E-state index contributed by atoms with van der Waals surface area (Å²) in [4.78, 5) is 16.4. The second-order valence-electron chi connectivity index (χ2n) is 5.22. The van der Waals surface area contributed by atoms with Crippen molar-refractivity contribution in [2.75, 3.05) is 5.88 Å². The highest BCUT2D eigenvalue weighted by molar-refractivity contribution is 6.31. The Hall–Kier alpha value is -1.26. The topological polar surface area (TPSA) is 46.9 Å². The van der Waals surface area contributed by atoms with Crippen molar-refractivity contribution in [3.63, 3.8) is 0 Å². The van der Waals surface area contributed by atoms with Gasteiger partial charge in [-0.05, 0) is 32.0 Å². The summed E-state index contributed by atoms with van der Waals surface area (Å²) in [6.07, 6.45) is 1.08. The maximum atomic E-state index is 11.8. The number of nitrogens with zero attached hydrogens (tertiary/aromatic N) is 2. The Labute approximate surface area is 134 Å². The number of aryl methyl sites for hydroxylation is 2. The van der Waals surface area contributed by atoms with Gasteiger partial charge >= 0.3 is 0 Å². The fourth-order valence-electron chi connectivity index (χ4n) is 2.29. The first kappa shape index (κ1) is 16.1. The minimum absolute atomic E-state index is 0.0395. The van der Waals surface area contributed by atoms with Gasteiger partial charge in [-0.25, -0.2) is 4.98 Å². The minimum atomic E-state index is 0.0395. The van der Waals surface area contributed by atoms with Gasteiger partial charge in [-0.15, -0.1) is 11.6 Å². The number of benzene rings is 1. The first-order valence-electron chi connectivity index (χ1n) is 7.01. The van der Waals surface area contributed by atoms with Crippen LogP contribution in [0.2, 0.25) is 5.02 Å². The number of carbonyl (C=O) groups excluding carboxylic acids is 1. The third-order valence-corrected chi connectivity index (χ3v) is 3.54. The second kappa shape index (κ2) is 7.14. The van der Waals surface area contributed by atoms with Crippen molar-refractivity contribution in [2.45, 2.75) is 39.3 Å². The van der Waals surface area contributed by atoms with Crippen LogP contribution in [0.15, 0.2) is 18.2 Å². The Morgan fingerprint density at radius 3 is 2.86 bits per heavy atom. The number of hydrogen-bond donors (Lipinski definition) is 1. The molecule has 0 saturated carbocycles. The molecule has 0 aliphatic rings. The highest BCUT2D eigenvalue weighted by Crippen LogP contribution is 2.21. The molecule has 1 aromatic heterocycles. The molecule has 0 radical (unpaired) electrons. The second-order valence-corrected chi connectivity index (χ2v) is 6.04. The molecule has 0 bridgehead atoms. The van der Waals surface area contributed by atoms with Gasteiger partial charge in [-0.2, -0.15) is 0 Å². The number of halogens is 2. The van der Waals surface area contributed by atoms with E-state index >= 15 is 0 Å². The van der Waals surface area contributed by atoms with Crippen molar-refractivity contribution in [1.29, 1.82) is 0 Å². The molecule has 0 unspecified atom stereocenters. The average molecular weight is 328 g/mol. The molecule has 0 spiro atoms. The number of amides is 1. The quantitative estimate of drug-likeness (QED) is 0.826. The van der Waals surface area contributed by atoms with E-state index in [2.05, 4.69) is 10.3 Å². The number of alkyl halides is 1. The third kappa shape index (κ3) is 4.11. The van der Waals surface area contributed by atoms with Gasteiger partial charge in [0, 0.05) is 36.3 Å². The summed E-state index contributed by atoms with van der Waals surface area (Å²) in [6.45, 7) is 4.49. The van der Waals surface area contributed by atoms with Crippen molar-refractivity contribution >= 4 is 40.1 Å². The van der Waals surface area contributed by atoms with Crippen LogP contribution in [-0.2, 0) is 17.8 Å². The predicted octanol–water partition coefficient (Wildman–Crippen LogP) is 3.39. The van der Waals surface area contributed by atoms with Gasteiger partial charge in [0.1, 0.15) is 5.82 Å². The fourth-order valence-corrected chi connectivity index (χ4v) is 2.62. The zero-order chi connectivity index (χ0) is 15.4. The lowest BCUT2D eigenvalue weighted by atomic mass is 10.3. The smallest absolute Gasteiger partial charge is 0.221 e. The van der Waals surface area contributed by atoms with Gasteiger partial charge in [0.15, 0.2) is 0 Å². The van der Waals surface area contributed by atoms with E-state index in [1.807, 2.05) is 36.6 Å². The number of rotatable bonds is 6. The Balaban J connectivity index is 2.23. The maximum Gasteiger partial charge on any atom is 0.221 e. The summed E-state index contributed by atoms with van der Waals surface area (Å²) in [5.74, 6) is 1.42. The van der Waals surface area contributed by atoms with Gasteiger partial charge in [0.05, 0.1) is 11.0 Å². The molecule has 0 atom stereocenters. The molecular formula is C15H19Cl2N3O. The summed E-state index contributed by atoms with van der Waals surface area (Å²) in [5.41, 5.74) is 1.82. The SMILES string of the molecule is CC(C)NC(=O)CCn1c(CCCl)nc2cc(Cl)ccc21. The zero-order valence-electron chi connectivity index (χ0n) is 12.2. The van der Waals surface area contributed by atoms with Crippen LogP contribution in [0, 0.1) is 0 Å². The molecule has 1 heterocycles. The van der Waals surface area contributed by atoms with Gasteiger partial charge < -0.3 is 9.88 Å². The predicted molar refractivity (Wildman–Crippen MR) is 87.1 cm³/mol. The van der Waals surface area contributed by atoms with E-state index in [0.717, 1.165) is 16.9 Å². The summed E-state index contributed by atoms with van der Waals surface area (Å²) in [7, 11) is 0. The molecule has 2 aromatic rings. The van der Waals surface area contributed by atoms with Crippen LogP contribution >= 0.6 is 23.2 Å². The lowest BCUT2D eigenvalue weighted by molar-refractivity contribution is -0.121. The Morgan fingerprint density at radius 1 is 1.43 bits per heavy atom. The molecule has 114 valence electrons. The minimum Gasteiger partial charge on any atom is -0.354 e. The van der Waals surface area contributed by atoms with Crippen LogP contribution in [0.3, 0.4) is 0 Å². The largest absolute Gasteiger partial charge is 0.354 e. The first-order chi connectivity index (χ1) is 10.0. The average Bonchev–Trinajstić information content (AvgIpc) is 2.72. The van der Waals surface area contributed by atoms with Crippen LogP contribution in [0.5, 0.6) is 0 Å². The van der Waals surface area contributed by atoms with Crippen LogP contribution in [0.1, 0.15) is 26.1 Å². The number of aromatic nitrogens is 2. The maximum absolute atomic E-state index is 11.8. The van der Waals surface area contributed by atoms with Crippen LogP contribution in [0.25, 0.3) is 11.0 Å². The van der Waals surface area contributed by atoms with E-state index < -0.39 is 0 Å². The molecule has 0 fully saturated rings. The van der Waals surface area contributed by atoms with Gasteiger partial charge in [-0.3, -0.25) is 4.79 Å². The highest BCUT2D eigenvalue weighted by atomic mass is 35.5. The van der Waals surface area contributed by atoms with Crippen molar-refractivity contribution in [3.05, 3.63) is 29.0 Å². The van der Waals surface area contributed by atoms with Gasteiger partial charge in [0.2, 0.25) is 5.91 Å². The van der Waals surface area contributed by atoms with Crippen LogP contribution < -0.4 is 5.32 Å². The number of nitrogens with one attached hydrogen (secondary N) is 1. The molecule has 0 aliphatic carbocycles. The normalized spacial score (nSPS) is 11.3. The molecule has 1 amide bonds. The monoisotopic (exact) mass is 327 g/mol. The Kier molecular flexibility index (Phi) is 5.48. The molecular weight excluding hydrogens is 309 g/mol. The lowest BCUT2D eigenvalue weighted by Gasteiger charge is -2.11. The van der Waals surface area contributed by atoms with E-state index in [9.17, 15) is 4.79 Å². The van der Waals surface area contributed by atoms with Crippen LogP contribution in [0.4, 0.5) is 0 Å². The van der Waals surface area contributed by atoms with Crippen molar-refractivity contribution in [3.8, 4) is 0 Å². The standard InChI is InChI=1S/C15H19Cl2N3O/c1-10(2)18-15(21)6-8-20-13-4-3-11(17)9-12(13)19-14(20)5-7-16/h3-4,9-10H,5-8H2,1-2H3,(H,18,21). The number of hydrogen-bond acceptors (Lipinski definition) is 2. The van der Waals surface area contributed by atoms with Gasteiger partial charge in [0.25, 0.3) is 0 Å². The van der Waals surface area contributed by atoms with Crippen LogP contribution in [-0.4, -0.2) is 27.4 Å². The molecule has 0 saturated heterocycles. The van der Waals surface area contributed by atoms with Gasteiger partial charge in [-0.1, -0.05) is 11.6 Å². The molecule has 2 rings (SSSR count). The number of fused-ring (bicyclic) bond motifs is 1. The first-order valence-corrected chi connectivity index (χ1v) is 7.92. The number of carbonyl (C=O) groups is 1. The number of imidazole rings is 1. The highest BCUT2D eigenvalue weighted by Gasteiger charge is 2.12. The fraction of sp³-hybridized carbons (Fsp3) is 0.467. The summed E-state index contributed by atoms with van der Waals surface area (Å²) < 4.78 is 2.05. The van der Waals surface area contributed by atoms with Crippen molar-refractivity contribution in [1.82, 2.24) is 14.9 Å². The Bertz CT molecular complexity index is 637. The van der Waals surface area contributed by atoms with E-state index in [0.29, 0.717) is 30.3 Å². The molecule has 1 N–H and O–H groups in total. The van der Waals surface area contributed by atoms with E-state index in [4.69, 9.17) is 23.2 Å². The molecule has 21 heavy (non-hydrogen) atoms. The zero-order valence-corrected chi connectivity index (χ0v) is 13.7. The summed E-state index contributed by atoms with van der Waals surface area (Å²) in [5, 5.41) is 3.55. The molecule has 0 aliphatic heterocycles. The summed E-state index contributed by atoms with van der Waals surface area (Å²) >= 11 is 11.8. The molecule has 6 heteroatoms. The lowest BCUT2D eigenvalue weighted by Crippen LogP contribution is -2.30.